The minimum atomic E-state index is -0.836. The number of aliphatic carboxylic acids is 1. The number of hydrogen-bond donors (Lipinski definition) is 1. The molecular weight excluding hydrogens is 282 g/mol. The summed E-state index contributed by atoms with van der Waals surface area (Å²) in [5.74, 6) is -1.13. The van der Waals surface area contributed by atoms with Crippen LogP contribution in [0.1, 0.15) is 36.7 Å². The van der Waals surface area contributed by atoms with Gasteiger partial charge in [-0.3, -0.25) is 9.59 Å². The zero-order chi connectivity index (χ0) is 14.8. The molecule has 0 saturated carbocycles. The largest absolute Gasteiger partial charge is 0.481 e. The van der Waals surface area contributed by atoms with Crippen molar-refractivity contribution in [3.05, 3.63) is 23.0 Å². The maximum absolute atomic E-state index is 12.3. The van der Waals surface area contributed by atoms with Crippen LogP contribution in [0, 0.1) is 5.41 Å². The van der Waals surface area contributed by atoms with Gasteiger partial charge in [-0.05, 0) is 25.0 Å². The first-order chi connectivity index (χ1) is 9.48. The van der Waals surface area contributed by atoms with Gasteiger partial charge in [0.15, 0.2) is 10.8 Å². The van der Waals surface area contributed by atoms with Gasteiger partial charge in [0, 0.05) is 13.1 Å². The van der Waals surface area contributed by atoms with Gasteiger partial charge < -0.3 is 10.0 Å². The Morgan fingerprint density at radius 2 is 2.20 bits per heavy atom. The number of hydrogen-bond acceptors (Lipinski definition) is 4. The maximum atomic E-state index is 12.3. The van der Waals surface area contributed by atoms with Gasteiger partial charge in [0.1, 0.15) is 0 Å². The summed E-state index contributed by atoms with van der Waals surface area (Å²) in [6.07, 6.45) is 1.82. The second-order valence-electron chi connectivity index (χ2n) is 5.05. The van der Waals surface area contributed by atoms with E-state index in [-0.39, 0.29) is 23.3 Å². The normalized spacial score (nSPS) is 22.0. The van der Waals surface area contributed by atoms with E-state index < -0.39 is 11.4 Å². The summed E-state index contributed by atoms with van der Waals surface area (Å²) >= 11 is 5.63. The lowest BCUT2D eigenvalue weighted by Gasteiger charge is -2.23. The summed E-state index contributed by atoms with van der Waals surface area (Å²) in [5.41, 5.74) is -0.642. The van der Waals surface area contributed by atoms with Crippen molar-refractivity contribution in [3.63, 3.8) is 0 Å². The van der Waals surface area contributed by atoms with Crippen LogP contribution < -0.4 is 0 Å². The standard InChI is InChI=1S/C13H16ClN3O3/c1-2-5-13(12(19)20)6-7-17(8-13)11(18)9-3-4-10(14)16-15-9/h3-4H,2,5-8H2,1H3,(H,19,20). The second-order valence-corrected chi connectivity index (χ2v) is 5.44. The van der Waals surface area contributed by atoms with Crippen molar-refractivity contribution >= 4 is 23.5 Å². The van der Waals surface area contributed by atoms with E-state index in [2.05, 4.69) is 10.2 Å². The van der Waals surface area contributed by atoms with Crippen molar-refractivity contribution in [2.45, 2.75) is 26.2 Å². The fraction of sp³-hybridized carbons (Fsp3) is 0.538. The number of carboxylic acids is 1. The Balaban J connectivity index is 2.14. The van der Waals surface area contributed by atoms with E-state index in [1.807, 2.05) is 6.92 Å². The van der Waals surface area contributed by atoms with Gasteiger partial charge in [-0.25, -0.2) is 0 Å². The number of halogens is 1. The van der Waals surface area contributed by atoms with Gasteiger partial charge in [-0.2, -0.15) is 0 Å². The van der Waals surface area contributed by atoms with E-state index in [1.165, 1.54) is 17.0 Å². The molecule has 1 unspecified atom stereocenters. The zero-order valence-electron chi connectivity index (χ0n) is 11.2. The SMILES string of the molecule is CCCC1(C(=O)O)CCN(C(=O)c2ccc(Cl)nn2)C1. The number of carbonyl (C=O) groups excluding carboxylic acids is 1. The number of aromatic nitrogens is 2. The molecule has 1 N–H and O–H groups in total. The van der Waals surface area contributed by atoms with Crippen LogP contribution in [0.3, 0.4) is 0 Å². The summed E-state index contributed by atoms with van der Waals surface area (Å²) in [5, 5.41) is 17.0. The minimum absolute atomic E-state index is 0.187. The van der Waals surface area contributed by atoms with E-state index in [0.29, 0.717) is 19.4 Å². The Bertz CT molecular complexity index is 520. The molecule has 0 radical (unpaired) electrons. The van der Waals surface area contributed by atoms with E-state index in [9.17, 15) is 14.7 Å². The monoisotopic (exact) mass is 297 g/mol. The van der Waals surface area contributed by atoms with Crippen LogP contribution in [0.5, 0.6) is 0 Å². The molecule has 0 aromatic carbocycles. The van der Waals surface area contributed by atoms with Crippen LogP contribution >= 0.6 is 11.6 Å². The highest BCUT2D eigenvalue weighted by atomic mass is 35.5. The van der Waals surface area contributed by atoms with Crippen LogP contribution in [0.4, 0.5) is 0 Å². The number of amides is 1. The molecule has 2 rings (SSSR count). The topological polar surface area (TPSA) is 83.4 Å². The molecule has 20 heavy (non-hydrogen) atoms. The second kappa shape index (κ2) is 5.75. The van der Waals surface area contributed by atoms with Crippen molar-refractivity contribution < 1.29 is 14.7 Å². The van der Waals surface area contributed by atoms with Crippen molar-refractivity contribution in [2.75, 3.05) is 13.1 Å². The highest BCUT2D eigenvalue weighted by molar-refractivity contribution is 6.29. The third kappa shape index (κ3) is 2.75. The summed E-state index contributed by atoms with van der Waals surface area (Å²) in [4.78, 5) is 25.3. The van der Waals surface area contributed by atoms with E-state index in [4.69, 9.17) is 11.6 Å². The highest BCUT2D eigenvalue weighted by Crippen LogP contribution is 2.36. The fourth-order valence-electron chi connectivity index (χ4n) is 2.60. The van der Waals surface area contributed by atoms with E-state index in [0.717, 1.165) is 6.42 Å². The average Bonchev–Trinajstić information content (AvgIpc) is 2.85. The minimum Gasteiger partial charge on any atom is -0.481 e. The Labute approximate surface area is 121 Å². The Hall–Kier alpha value is -1.69. The Kier molecular flexibility index (Phi) is 4.23. The summed E-state index contributed by atoms with van der Waals surface area (Å²) in [6, 6.07) is 2.99. The van der Waals surface area contributed by atoms with Gasteiger partial charge in [-0.15, -0.1) is 10.2 Å². The maximum Gasteiger partial charge on any atom is 0.311 e. The fourth-order valence-corrected chi connectivity index (χ4v) is 2.70. The van der Waals surface area contributed by atoms with Gasteiger partial charge in [-0.1, -0.05) is 24.9 Å². The zero-order valence-corrected chi connectivity index (χ0v) is 11.9. The van der Waals surface area contributed by atoms with Gasteiger partial charge >= 0.3 is 5.97 Å². The van der Waals surface area contributed by atoms with Gasteiger partial charge in [0.25, 0.3) is 5.91 Å². The summed E-state index contributed by atoms with van der Waals surface area (Å²) < 4.78 is 0. The quantitative estimate of drug-likeness (QED) is 0.917. The lowest BCUT2D eigenvalue weighted by Crippen LogP contribution is -2.37. The molecule has 1 aromatic heterocycles. The highest BCUT2D eigenvalue weighted by Gasteiger charge is 2.45. The van der Waals surface area contributed by atoms with E-state index >= 15 is 0 Å². The number of nitrogens with zero attached hydrogens (tertiary/aromatic N) is 3. The molecule has 2 heterocycles. The third-order valence-electron chi connectivity index (χ3n) is 3.67. The lowest BCUT2D eigenvalue weighted by molar-refractivity contribution is -0.148. The first kappa shape index (κ1) is 14.7. The van der Waals surface area contributed by atoms with Crippen LogP contribution in [-0.4, -0.2) is 45.2 Å². The number of carboxylic acid groups (broad SMARTS) is 1. The van der Waals surface area contributed by atoms with Crippen LogP contribution in [0.2, 0.25) is 5.15 Å². The first-order valence-electron chi connectivity index (χ1n) is 6.50. The van der Waals surface area contributed by atoms with Crippen LogP contribution in [0.15, 0.2) is 12.1 Å². The molecule has 1 amide bonds. The summed E-state index contributed by atoms with van der Waals surface area (Å²) in [6.45, 7) is 2.59. The van der Waals surface area contributed by atoms with Gasteiger partial charge in [0.05, 0.1) is 5.41 Å². The smallest absolute Gasteiger partial charge is 0.311 e. The Morgan fingerprint density at radius 3 is 2.75 bits per heavy atom. The number of rotatable bonds is 4. The van der Waals surface area contributed by atoms with Gasteiger partial charge in [0.2, 0.25) is 0 Å². The van der Waals surface area contributed by atoms with Crippen molar-refractivity contribution in [2.24, 2.45) is 5.41 Å². The average molecular weight is 298 g/mol. The molecule has 108 valence electrons. The molecule has 6 nitrogen and oxygen atoms in total. The molecule has 1 atom stereocenters. The molecule has 0 aliphatic carbocycles. The molecule has 1 aromatic rings. The van der Waals surface area contributed by atoms with Crippen LogP contribution in [0.25, 0.3) is 0 Å². The third-order valence-corrected chi connectivity index (χ3v) is 3.88. The number of likely N-dealkylation sites (tertiary alicyclic amines) is 1. The van der Waals surface area contributed by atoms with Crippen molar-refractivity contribution in [3.8, 4) is 0 Å². The molecule has 7 heteroatoms. The predicted octanol–water partition coefficient (Wildman–Crippen LogP) is 1.85. The first-order valence-corrected chi connectivity index (χ1v) is 6.88. The van der Waals surface area contributed by atoms with Crippen molar-refractivity contribution in [1.82, 2.24) is 15.1 Å². The molecule has 1 fully saturated rings. The van der Waals surface area contributed by atoms with Crippen LogP contribution in [-0.2, 0) is 4.79 Å². The molecule has 0 spiro atoms. The molecule has 1 aliphatic heterocycles. The Morgan fingerprint density at radius 1 is 1.45 bits per heavy atom. The summed E-state index contributed by atoms with van der Waals surface area (Å²) in [7, 11) is 0. The van der Waals surface area contributed by atoms with E-state index in [1.54, 1.807) is 0 Å². The van der Waals surface area contributed by atoms with Crippen molar-refractivity contribution in [1.29, 1.82) is 0 Å². The molecule has 1 saturated heterocycles. The molecule has 0 bridgehead atoms. The predicted molar refractivity (Wildman–Crippen MR) is 72.5 cm³/mol. The number of carbonyl (C=O) groups is 2. The molecular formula is C13H16ClN3O3. The lowest BCUT2D eigenvalue weighted by atomic mass is 9.83. The molecule has 1 aliphatic rings.